The van der Waals surface area contributed by atoms with Gasteiger partial charge in [0.25, 0.3) is 0 Å². The fourth-order valence-corrected chi connectivity index (χ4v) is 2.99. The van der Waals surface area contributed by atoms with Gasteiger partial charge in [0, 0.05) is 0 Å². The molecule has 9 heteroatoms. The van der Waals surface area contributed by atoms with Gasteiger partial charge in [-0.05, 0) is 60.7 Å². The van der Waals surface area contributed by atoms with Crippen LogP contribution >= 0.6 is 0 Å². The molecule has 0 bridgehead atoms. The Labute approximate surface area is 169 Å². The third-order valence-electron chi connectivity index (χ3n) is 4.42. The van der Waals surface area contributed by atoms with E-state index in [-0.39, 0.29) is 17.0 Å². The first-order valence-corrected chi connectivity index (χ1v) is 8.83. The highest BCUT2D eigenvalue weighted by Crippen LogP contribution is 2.30. The fourth-order valence-electron chi connectivity index (χ4n) is 2.99. The van der Waals surface area contributed by atoms with E-state index < -0.39 is 30.2 Å². The molecule has 0 aromatic heterocycles. The van der Waals surface area contributed by atoms with Crippen molar-refractivity contribution in [3.63, 3.8) is 0 Å². The normalized spacial score (nSPS) is 18.4. The first-order chi connectivity index (χ1) is 14.1. The van der Waals surface area contributed by atoms with Gasteiger partial charge >= 0.3 is 12.1 Å². The number of aliphatic carboxylic acids is 1. The number of allylic oxidation sites excluding steroid dienone is 2. The van der Waals surface area contributed by atoms with E-state index in [1.54, 1.807) is 19.1 Å². The molecule has 0 spiro atoms. The average molecular weight is 422 g/mol. The van der Waals surface area contributed by atoms with Gasteiger partial charge < -0.3 is 20.5 Å². The molecule has 158 valence electrons. The van der Waals surface area contributed by atoms with Gasteiger partial charge in [0.15, 0.2) is 6.61 Å². The SMILES string of the molecule is CC1(Nc2ccc(-c3cccc(OCC(F)(F)F)c3)cc2F)NC=CC=C1C(=O)O. The molecular formula is C21H18F4N2O3. The number of dihydropyridines is 1. The van der Waals surface area contributed by atoms with Crippen molar-refractivity contribution >= 4 is 11.7 Å². The number of nitrogens with one attached hydrogen (secondary N) is 2. The maximum atomic E-state index is 14.7. The number of anilines is 1. The topological polar surface area (TPSA) is 70.6 Å². The van der Waals surface area contributed by atoms with E-state index in [0.29, 0.717) is 11.1 Å². The predicted octanol–water partition coefficient (Wildman–Crippen LogP) is 4.69. The van der Waals surface area contributed by atoms with Crippen molar-refractivity contribution < 1.29 is 32.2 Å². The smallest absolute Gasteiger partial charge is 0.422 e. The molecule has 0 fully saturated rings. The number of hydrogen-bond donors (Lipinski definition) is 3. The lowest BCUT2D eigenvalue weighted by Gasteiger charge is -2.34. The minimum absolute atomic E-state index is 0.00277. The molecule has 3 rings (SSSR count). The standard InChI is InChI=1S/C21H18F4N2O3/c1-20(16(19(28)29)6-3-9-26-20)27-18-8-7-14(11-17(18)22)13-4-2-5-15(10-13)30-12-21(23,24)25/h2-11,26-27H,12H2,1H3,(H,28,29). The predicted molar refractivity (Wildman–Crippen MR) is 103 cm³/mol. The molecule has 0 saturated carbocycles. The Hall–Kier alpha value is -3.49. The van der Waals surface area contributed by atoms with Crippen LogP contribution in [-0.2, 0) is 4.79 Å². The quantitative estimate of drug-likeness (QED) is 0.590. The van der Waals surface area contributed by atoms with Gasteiger partial charge in [0.2, 0.25) is 0 Å². The van der Waals surface area contributed by atoms with Crippen LogP contribution in [0, 0.1) is 5.82 Å². The summed E-state index contributed by atoms with van der Waals surface area (Å²) in [5, 5.41) is 15.1. The summed E-state index contributed by atoms with van der Waals surface area (Å²) in [6.07, 6.45) is 0.0139. The molecule has 1 aliphatic heterocycles. The Morgan fingerprint density at radius 2 is 1.93 bits per heavy atom. The average Bonchev–Trinajstić information content (AvgIpc) is 2.67. The maximum Gasteiger partial charge on any atom is 0.422 e. The number of carboxylic acids is 1. The molecule has 0 radical (unpaired) electrons. The summed E-state index contributed by atoms with van der Waals surface area (Å²) in [6, 6.07) is 10.1. The number of rotatable bonds is 6. The second-order valence-corrected chi connectivity index (χ2v) is 6.77. The van der Waals surface area contributed by atoms with Crippen molar-refractivity contribution in [1.82, 2.24) is 5.32 Å². The van der Waals surface area contributed by atoms with Crippen LogP contribution in [0.2, 0.25) is 0 Å². The number of carbonyl (C=O) groups is 1. The van der Waals surface area contributed by atoms with E-state index in [1.165, 1.54) is 48.7 Å². The summed E-state index contributed by atoms with van der Waals surface area (Å²) in [4.78, 5) is 11.5. The van der Waals surface area contributed by atoms with E-state index in [1.807, 2.05) is 0 Å². The van der Waals surface area contributed by atoms with Crippen LogP contribution in [0.1, 0.15) is 6.92 Å². The highest BCUT2D eigenvalue weighted by Gasteiger charge is 2.34. The van der Waals surface area contributed by atoms with Crippen LogP contribution in [-0.4, -0.2) is 29.5 Å². The summed E-state index contributed by atoms with van der Waals surface area (Å²) in [7, 11) is 0. The molecule has 2 aromatic rings. The number of hydrogen-bond acceptors (Lipinski definition) is 4. The van der Waals surface area contributed by atoms with Crippen molar-refractivity contribution in [1.29, 1.82) is 0 Å². The molecule has 1 unspecified atom stereocenters. The highest BCUT2D eigenvalue weighted by molar-refractivity contribution is 5.91. The molecule has 1 atom stereocenters. The molecule has 0 aliphatic carbocycles. The second kappa shape index (κ2) is 8.10. The van der Waals surface area contributed by atoms with Crippen molar-refractivity contribution in [2.24, 2.45) is 0 Å². The fraction of sp³-hybridized carbons (Fsp3) is 0.190. The van der Waals surface area contributed by atoms with Gasteiger partial charge in [0.1, 0.15) is 17.2 Å². The van der Waals surface area contributed by atoms with Crippen LogP contribution < -0.4 is 15.4 Å². The summed E-state index contributed by atoms with van der Waals surface area (Å²) in [5.41, 5.74) is -0.292. The Kier molecular flexibility index (Phi) is 5.73. The maximum absolute atomic E-state index is 14.7. The Balaban J connectivity index is 1.82. The minimum atomic E-state index is -4.46. The zero-order chi connectivity index (χ0) is 21.9. The van der Waals surface area contributed by atoms with Gasteiger partial charge in [-0.2, -0.15) is 13.2 Å². The van der Waals surface area contributed by atoms with Crippen LogP contribution in [0.5, 0.6) is 5.75 Å². The van der Waals surface area contributed by atoms with Crippen LogP contribution in [0.3, 0.4) is 0 Å². The van der Waals surface area contributed by atoms with E-state index >= 15 is 0 Å². The number of benzene rings is 2. The monoisotopic (exact) mass is 422 g/mol. The van der Waals surface area contributed by atoms with Crippen LogP contribution in [0.15, 0.2) is 66.4 Å². The third kappa shape index (κ3) is 4.91. The Morgan fingerprint density at radius 1 is 1.20 bits per heavy atom. The first kappa shape index (κ1) is 21.2. The molecule has 2 aromatic carbocycles. The molecule has 3 N–H and O–H groups in total. The number of ether oxygens (including phenoxy) is 1. The molecule has 0 amide bonds. The van der Waals surface area contributed by atoms with Crippen molar-refractivity contribution in [3.05, 3.63) is 72.2 Å². The summed E-state index contributed by atoms with van der Waals surface area (Å²) < 4.78 is 56.5. The van der Waals surface area contributed by atoms with E-state index in [2.05, 4.69) is 10.6 Å². The Bertz CT molecular complexity index is 1020. The van der Waals surface area contributed by atoms with Gasteiger partial charge in [-0.3, -0.25) is 0 Å². The van der Waals surface area contributed by atoms with Crippen molar-refractivity contribution in [2.75, 3.05) is 11.9 Å². The number of alkyl halides is 3. The van der Waals surface area contributed by atoms with E-state index in [4.69, 9.17) is 4.74 Å². The summed E-state index contributed by atoms with van der Waals surface area (Å²) in [6.45, 7) is 0.137. The lowest BCUT2D eigenvalue weighted by Crippen LogP contribution is -2.51. The molecule has 1 aliphatic rings. The van der Waals surface area contributed by atoms with E-state index in [9.17, 15) is 27.5 Å². The third-order valence-corrected chi connectivity index (χ3v) is 4.42. The minimum Gasteiger partial charge on any atom is -0.484 e. The van der Waals surface area contributed by atoms with E-state index in [0.717, 1.165) is 0 Å². The molecule has 1 heterocycles. The number of carboxylic acid groups (broad SMARTS) is 1. The Morgan fingerprint density at radius 3 is 2.60 bits per heavy atom. The largest absolute Gasteiger partial charge is 0.484 e. The molecular weight excluding hydrogens is 404 g/mol. The molecule has 30 heavy (non-hydrogen) atoms. The van der Waals surface area contributed by atoms with Gasteiger partial charge in [0.05, 0.1) is 11.3 Å². The highest BCUT2D eigenvalue weighted by atomic mass is 19.4. The van der Waals surface area contributed by atoms with Crippen LogP contribution in [0.4, 0.5) is 23.2 Å². The lowest BCUT2D eigenvalue weighted by atomic mass is 9.97. The zero-order valence-corrected chi connectivity index (χ0v) is 15.8. The van der Waals surface area contributed by atoms with Crippen LogP contribution in [0.25, 0.3) is 11.1 Å². The van der Waals surface area contributed by atoms with Gasteiger partial charge in [-0.15, -0.1) is 0 Å². The molecule has 5 nitrogen and oxygen atoms in total. The van der Waals surface area contributed by atoms with Crippen molar-refractivity contribution in [3.8, 4) is 16.9 Å². The van der Waals surface area contributed by atoms with Crippen molar-refractivity contribution in [2.45, 2.75) is 18.8 Å². The summed E-state index contributed by atoms with van der Waals surface area (Å²) >= 11 is 0. The second-order valence-electron chi connectivity index (χ2n) is 6.77. The summed E-state index contributed by atoms with van der Waals surface area (Å²) in [5.74, 6) is -1.81. The van der Waals surface area contributed by atoms with Gasteiger partial charge in [-0.1, -0.05) is 18.2 Å². The first-order valence-electron chi connectivity index (χ1n) is 8.83. The number of halogens is 4. The molecule has 0 saturated heterocycles. The zero-order valence-electron chi connectivity index (χ0n) is 15.8. The lowest BCUT2D eigenvalue weighted by molar-refractivity contribution is -0.153. The van der Waals surface area contributed by atoms with Gasteiger partial charge in [-0.25, -0.2) is 9.18 Å².